The Morgan fingerprint density at radius 3 is 2.50 bits per heavy atom. The van der Waals surface area contributed by atoms with Crippen molar-refractivity contribution in [2.24, 2.45) is 0 Å². The van der Waals surface area contributed by atoms with Gasteiger partial charge in [-0.3, -0.25) is 4.90 Å². The average Bonchev–Trinajstić information content (AvgIpc) is 2.73. The van der Waals surface area contributed by atoms with Crippen molar-refractivity contribution in [2.45, 2.75) is 46.1 Å². The predicted octanol–water partition coefficient (Wildman–Crippen LogP) is 4.83. The van der Waals surface area contributed by atoms with Crippen LogP contribution in [0.5, 0.6) is 0 Å². The number of unbranched alkanes of at least 4 members (excludes halogenated alkanes) is 1. The third-order valence-corrected chi connectivity index (χ3v) is 4.38. The summed E-state index contributed by atoms with van der Waals surface area (Å²) in [7, 11) is 0. The Morgan fingerprint density at radius 2 is 1.77 bits per heavy atom. The molecule has 1 unspecified atom stereocenters. The quantitative estimate of drug-likeness (QED) is 0.801. The number of benzene rings is 2. The summed E-state index contributed by atoms with van der Waals surface area (Å²) >= 11 is 0. The Kier molecular flexibility index (Phi) is 4.91. The van der Waals surface area contributed by atoms with E-state index in [0.29, 0.717) is 6.61 Å². The van der Waals surface area contributed by atoms with E-state index in [1.807, 2.05) is 0 Å². The molecule has 1 aliphatic rings. The zero-order chi connectivity index (χ0) is 15.4. The fraction of sp³-hybridized carbons (Fsp3) is 0.400. The minimum absolute atomic E-state index is 0.0551. The molecule has 0 amide bonds. The maximum atomic E-state index is 6.29. The molecule has 2 aromatic carbocycles. The van der Waals surface area contributed by atoms with Crippen molar-refractivity contribution >= 4 is 0 Å². The number of ether oxygens (including phenoxy) is 1. The first-order valence-electron chi connectivity index (χ1n) is 8.27. The molecular weight excluding hydrogens is 270 g/mol. The van der Waals surface area contributed by atoms with Crippen LogP contribution in [0.1, 0.15) is 48.2 Å². The van der Waals surface area contributed by atoms with Gasteiger partial charge in [0.1, 0.15) is 6.23 Å². The van der Waals surface area contributed by atoms with Gasteiger partial charge >= 0.3 is 0 Å². The summed E-state index contributed by atoms with van der Waals surface area (Å²) in [4.78, 5) is 2.47. The van der Waals surface area contributed by atoms with Gasteiger partial charge in [0.25, 0.3) is 0 Å². The summed E-state index contributed by atoms with van der Waals surface area (Å²) in [6.07, 6.45) is 2.46. The molecule has 0 aromatic heterocycles. The van der Waals surface area contributed by atoms with E-state index in [0.717, 1.165) is 13.1 Å². The zero-order valence-corrected chi connectivity index (χ0v) is 13.6. The van der Waals surface area contributed by atoms with E-state index in [-0.39, 0.29) is 6.23 Å². The molecule has 3 rings (SSSR count). The van der Waals surface area contributed by atoms with Crippen molar-refractivity contribution < 1.29 is 4.74 Å². The van der Waals surface area contributed by atoms with Crippen LogP contribution in [0.2, 0.25) is 0 Å². The molecular formula is C20H25NO. The number of fused-ring (bicyclic) bond motifs is 1. The third kappa shape index (κ3) is 3.40. The van der Waals surface area contributed by atoms with Gasteiger partial charge in [-0.1, -0.05) is 67.4 Å². The molecule has 2 aromatic rings. The second kappa shape index (κ2) is 7.08. The van der Waals surface area contributed by atoms with Crippen molar-refractivity contribution in [2.75, 3.05) is 6.54 Å². The molecule has 0 N–H and O–H groups in total. The van der Waals surface area contributed by atoms with E-state index in [1.165, 1.54) is 35.1 Å². The van der Waals surface area contributed by atoms with Crippen LogP contribution < -0.4 is 0 Å². The van der Waals surface area contributed by atoms with E-state index in [1.54, 1.807) is 0 Å². The van der Waals surface area contributed by atoms with Crippen LogP contribution in [0.4, 0.5) is 0 Å². The van der Waals surface area contributed by atoms with Gasteiger partial charge in [-0.15, -0.1) is 0 Å². The second-order valence-electron chi connectivity index (χ2n) is 6.17. The third-order valence-electron chi connectivity index (χ3n) is 4.38. The molecule has 116 valence electrons. The van der Waals surface area contributed by atoms with Crippen LogP contribution in [0.25, 0.3) is 0 Å². The van der Waals surface area contributed by atoms with E-state index in [9.17, 15) is 0 Å². The number of hydrogen-bond acceptors (Lipinski definition) is 2. The first-order chi connectivity index (χ1) is 10.8. The number of nitrogens with zero attached hydrogens (tertiary/aromatic N) is 1. The van der Waals surface area contributed by atoms with Gasteiger partial charge in [0.05, 0.1) is 6.61 Å². The topological polar surface area (TPSA) is 12.5 Å². The van der Waals surface area contributed by atoms with Crippen molar-refractivity contribution in [1.82, 2.24) is 4.90 Å². The molecule has 0 radical (unpaired) electrons. The van der Waals surface area contributed by atoms with Crippen LogP contribution in [0, 0.1) is 6.92 Å². The SMILES string of the molecule is CCCCN1Cc2ccccc2COC1c1ccc(C)cc1. The molecule has 0 saturated heterocycles. The smallest absolute Gasteiger partial charge is 0.137 e. The minimum Gasteiger partial charge on any atom is -0.354 e. The standard InChI is InChI=1S/C20H25NO/c1-3-4-13-21-14-18-7-5-6-8-19(18)15-22-20(21)17-11-9-16(2)10-12-17/h5-12,20H,3-4,13-15H2,1-2H3. The molecule has 0 fully saturated rings. The summed E-state index contributed by atoms with van der Waals surface area (Å²) in [5.41, 5.74) is 5.27. The van der Waals surface area contributed by atoms with E-state index in [4.69, 9.17) is 4.74 Å². The van der Waals surface area contributed by atoms with Crippen LogP contribution >= 0.6 is 0 Å². The van der Waals surface area contributed by atoms with Crippen molar-refractivity contribution in [3.8, 4) is 0 Å². The lowest BCUT2D eigenvalue weighted by Crippen LogP contribution is -2.29. The Labute approximate surface area is 133 Å². The normalized spacial score (nSPS) is 18.7. The molecule has 0 saturated carbocycles. The molecule has 1 atom stereocenters. The van der Waals surface area contributed by atoms with E-state index >= 15 is 0 Å². The van der Waals surface area contributed by atoms with Gasteiger partial charge in [0, 0.05) is 13.1 Å². The maximum Gasteiger partial charge on any atom is 0.137 e. The Morgan fingerprint density at radius 1 is 1.05 bits per heavy atom. The molecule has 22 heavy (non-hydrogen) atoms. The highest BCUT2D eigenvalue weighted by molar-refractivity contribution is 5.29. The average molecular weight is 295 g/mol. The van der Waals surface area contributed by atoms with Gasteiger partial charge < -0.3 is 4.74 Å². The molecule has 1 aliphatic heterocycles. The molecule has 0 aliphatic carbocycles. The largest absolute Gasteiger partial charge is 0.354 e. The number of aryl methyl sites for hydroxylation is 1. The minimum atomic E-state index is 0.0551. The van der Waals surface area contributed by atoms with Gasteiger partial charge in [-0.2, -0.15) is 0 Å². The predicted molar refractivity (Wildman–Crippen MR) is 90.5 cm³/mol. The van der Waals surface area contributed by atoms with Crippen molar-refractivity contribution in [3.63, 3.8) is 0 Å². The van der Waals surface area contributed by atoms with Gasteiger partial charge in [0.15, 0.2) is 0 Å². The Balaban J connectivity index is 1.88. The highest BCUT2D eigenvalue weighted by atomic mass is 16.5. The van der Waals surface area contributed by atoms with Crippen LogP contribution in [-0.2, 0) is 17.9 Å². The van der Waals surface area contributed by atoms with Crippen LogP contribution in [-0.4, -0.2) is 11.4 Å². The van der Waals surface area contributed by atoms with Crippen molar-refractivity contribution in [1.29, 1.82) is 0 Å². The van der Waals surface area contributed by atoms with E-state index in [2.05, 4.69) is 67.3 Å². The maximum absolute atomic E-state index is 6.29. The van der Waals surface area contributed by atoms with Crippen molar-refractivity contribution in [3.05, 3.63) is 70.8 Å². The summed E-state index contributed by atoms with van der Waals surface area (Å²) in [6.45, 7) is 7.10. The molecule has 2 heteroatoms. The van der Waals surface area contributed by atoms with Crippen LogP contribution in [0.15, 0.2) is 48.5 Å². The summed E-state index contributed by atoms with van der Waals surface area (Å²) in [6, 6.07) is 17.4. The summed E-state index contributed by atoms with van der Waals surface area (Å²) in [5, 5.41) is 0. The lowest BCUT2D eigenvalue weighted by Gasteiger charge is -2.29. The lowest BCUT2D eigenvalue weighted by atomic mass is 10.1. The lowest BCUT2D eigenvalue weighted by molar-refractivity contribution is -0.0688. The fourth-order valence-corrected chi connectivity index (χ4v) is 3.02. The molecule has 0 spiro atoms. The molecule has 2 nitrogen and oxygen atoms in total. The summed E-state index contributed by atoms with van der Waals surface area (Å²) < 4.78 is 6.29. The van der Waals surface area contributed by atoms with Gasteiger partial charge in [-0.05, 0) is 30.0 Å². The first-order valence-corrected chi connectivity index (χ1v) is 8.27. The van der Waals surface area contributed by atoms with Gasteiger partial charge in [-0.25, -0.2) is 0 Å². The first kappa shape index (κ1) is 15.3. The highest BCUT2D eigenvalue weighted by Crippen LogP contribution is 2.30. The monoisotopic (exact) mass is 295 g/mol. The van der Waals surface area contributed by atoms with Crippen LogP contribution in [0.3, 0.4) is 0 Å². The fourth-order valence-electron chi connectivity index (χ4n) is 3.02. The zero-order valence-electron chi connectivity index (χ0n) is 13.6. The highest BCUT2D eigenvalue weighted by Gasteiger charge is 2.25. The molecule has 1 heterocycles. The second-order valence-corrected chi connectivity index (χ2v) is 6.17. The Hall–Kier alpha value is -1.64. The molecule has 0 bridgehead atoms. The number of hydrogen-bond donors (Lipinski definition) is 0. The Bertz CT molecular complexity index is 605. The number of rotatable bonds is 4. The van der Waals surface area contributed by atoms with E-state index < -0.39 is 0 Å². The summed E-state index contributed by atoms with van der Waals surface area (Å²) in [5.74, 6) is 0. The van der Waals surface area contributed by atoms with Gasteiger partial charge in [0.2, 0.25) is 0 Å².